The molecule has 6 heterocycles. The van der Waals surface area contributed by atoms with Crippen LogP contribution in [0.1, 0.15) is 0 Å². The van der Waals surface area contributed by atoms with Gasteiger partial charge in [-0.05, 0) is 71.3 Å². The van der Waals surface area contributed by atoms with Crippen LogP contribution in [0.2, 0.25) is 0 Å². The van der Waals surface area contributed by atoms with Gasteiger partial charge in [0.15, 0.2) is 0 Å². The molecule has 228 valence electrons. The molecule has 6 N–H and O–H groups in total. The predicted molar refractivity (Wildman–Crippen MR) is 172 cm³/mol. The second-order valence-electron chi connectivity index (χ2n) is 9.38. The first-order valence-electron chi connectivity index (χ1n) is 13.6. The third-order valence-corrected chi connectivity index (χ3v) is 6.55. The minimum atomic E-state index is 0. The van der Waals surface area contributed by atoms with Crippen molar-refractivity contribution in [2.24, 2.45) is 0 Å². The molecule has 14 nitrogen and oxygen atoms in total. The summed E-state index contributed by atoms with van der Waals surface area (Å²) in [4.78, 5) is 25.4. The SMILES string of the molecule is [OH3+].[OH3+].[Zn+2].c1ccc(-c2nc(-c3ccc(-n4ccnc4)cc3)n[n-]2)nc1.c1ccc(-c2nc(-c3ccc(-n4ccnc4)cc3)n[n-]2)nc1. The molecular weight excluding hydrogens is 650 g/mol. The molecule has 0 amide bonds. The predicted octanol–water partition coefficient (Wildman–Crippen LogP) is 2.85. The van der Waals surface area contributed by atoms with Crippen molar-refractivity contribution in [3.8, 4) is 57.2 Å². The summed E-state index contributed by atoms with van der Waals surface area (Å²) < 4.78 is 3.88. The number of hydrogen-bond donors (Lipinski definition) is 0. The van der Waals surface area contributed by atoms with E-state index in [4.69, 9.17) is 0 Å². The average Bonchev–Trinajstić information content (AvgIpc) is 3.94. The van der Waals surface area contributed by atoms with Crippen molar-refractivity contribution in [3.63, 3.8) is 0 Å². The molecule has 0 saturated heterocycles. The first kappa shape index (κ1) is 33.9. The second kappa shape index (κ2) is 15.8. The van der Waals surface area contributed by atoms with E-state index in [1.165, 1.54) is 0 Å². The monoisotopic (exact) mass is 676 g/mol. The van der Waals surface area contributed by atoms with Crippen molar-refractivity contribution < 1.29 is 30.4 Å². The van der Waals surface area contributed by atoms with Crippen LogP contribution in [-0.2, 0) is 30.4 Å². The number of aromatic nitrogens is 12. The van der Waals surface area contributed by atoms with E-state index >= 15 is 0 Å². The maximum Gasteiger partial charge on any atom is 2.00 e. The van der Waals surface area contributed by atoms with E-state index in [0.717, 1.165) is 33.9 Å². The Morgan fingerprint density at radius 2 is 0.915 bits per heavy atom. The maximum atomic E-state index is 4.44. The van der Waals surface area contributed by atoms with Gasteiger partial charge in [-0.3, -0.25) is 20.2 Å². The summed E-state index contributed by atoms with van der Waals surface area (Å²) in [5.41, 5.74) is 5.33. The van der Waals surface area contributed by atoms with E-state index in [1.54, 1.807) is 37.4 Å². The van der Waals surface area contributed by atoms with Gasteiger partial charge in [0.1, 0.15) is 0 Å². The molecule has 0 aliphatic carbocycles. The molecule has 6 aromatic heterocycles. The molecule has 0 aliphatic rings. The van der Waals surface area contributed by atoms with E-state index in [1.807, 2.05) is 106 Å². The van der Waals surface area contributed by atoms with Crippen molar-refractivity contribution >= 4 is 0 Å². The van der Waals surface area contributed by atoms with Gasteiger partial charge in [0.25, 0.3) is 0 Å². The van der Waals surface area contributed by atoms with E-state index in [0.29, 0.717) is 23.3 Å². The number of nitrogens with zero attached hydrogens (tertiary/aromatic N) is 12. The first-order valence-corrected chi connectivity index (χ1v) is 13.6. The van der Waals surface area contributed by atoms with Crippen LogP contribution < -0.4 is 10.2 Å². The summed E-state index contributed by atoms with van der Waals surface area (Å²) in [6.07, 6.45) is 14.2. The van der Waals surface area contributed by atoms with E-state index < -0.39 is 0 Å². The molecule has 0 unspecified atom stereocenters. The molecule has 15 heteroatoms. The van der Waals surface area contributed by atoms with Gasteiger partial charge in [-0.25, -0.2) is 9.97 Å². The van der Waals surface area contributed by atoms with Crippen LogP contribution in [0.25, 0.3) is 57.2 Å². The van der Waals surface area contributed by atoms with Gasteiger partial charge >= 0.3 is 19.5 Å². The number of rotatable bonds is 6. The summed E-state index contributed by atoms with van der Waals surface area (Å²) in [5, 5.41) is 16.5. The Labute approximate surface area is 281 Å². The summed E-state index contributed by atoms with van der Waals surface area (Å²) >= 11 is 0. The molecule has 0 bridgehead atoms. The van der Waals surface area contributed by atoms with Gasteiger partial charge in [0, 0.05) is 48.6 Å². The van der Waals surface area contributed by atoms with Crippen molar-refractivity contribution in [1.29, 1.82) is 0 Å². The first-order chi connectivity index (χ1) is 21.8. The smallest absolute Gasteiger partial charge is 0.457 e. The van der Waals surface area contributed by atoms with Gasteiger partial charge in [-0.2, -0.15) is 0 Å². The minimum Gasteiger partial charge on any atom is -0.457 e. The Morgan fingerprint density at radius 1 is 0.489 bits per heavy atom. The summed E-state index contributed by atoms with van der Waals surface area (Å²) in [6.45, 7) is 0. The average molecular weight is 678 g/mol. The molecule has 8 aromatic rings. The molecular formula is C32H28N12O2Zn+2. The van der Waals surface area contributed by atoms with Crippen LogP contribution in [0.5, 0.6) is 0 Å². The van der Waals surface area contributed by atoms with Gasteiger partial charge in [0.05, 0.1) is 35.7 Å². The quantitative estimate of drug-likeness (QED) is 0.186. The molecule has 0 saturated carbocycles. The van der Waals surface area contributed by atoms with E-state index in [-0.39, 0.29) is 30.4 Å². The Kier molecular flexibility index (Phi) is 11.4. The fraction of sp³-hybridized carbons (Fsp3) is 0. The second-order valence-corrected chi connectivity index (χ2v) is 9.38. The summed E-state index contributed by atoms with van der Waals surface area (Å²) in [5.74, 6) is 2.26. The third-order valence-electron chi connectivity index (χ3n) is 6.55. The number of hydrogen-bond acceptors (Lipinski definition) is 8. The minimum absolute atomic E-state index is 0. The Morgan fingerprint density at radius 3 is 1.26 bits per heavy atom. The molecule has 2 aromatic carbocycles. The molecule has 8 rings (SSSR count). The van der Waals surface area contributed by atoms with Gasteiger partial charge in [0.2, 0.25) is 0 Å². The zero-order valence-corrected chi connectivity index (χ0v) is 27.9. The summed E-state index contributed by atoms with van der Waals surface area (Å²) in [7, 11) is 0. The van der Waals surface area contributed by atoms with Crippen molar-refractivity contribution in [2.75, 3.05) is 0 Å². The normalized spacial score (nSPS) is 10.0. The number of pyridine rings is 2. The molecule has 0 fully saturated rings. The third kappa shape index (κ3) is 7.80. The Hall–Kier alpha value is -6.02. The van der Waals surface area contributed by atoms with Gasteiger partial charge < -0.3 is 40.3 Å². The number of benzene rings is 2. The molecule has 0 radical (unpaired) electrons. The van der Waals surface area contributed by atoms with Crippen molar-refractivity contribution in [3.05, 3.63) is 135 Å². The van der Waals surface area contributed by atoms with Crippen molar-refractivity contribution in [1.82, 2.24) is 59.4 Å². The maximum absolute atomic E-state index is 4.44. The Bertz CT molecular complexity index is 1900. The summed E-state index contributed by atoms with van der Waals surface area (Å²) in [6, 6.07) is 27.1. The van der Waals surface area contributed by atoms with Crippen LogP contribution in [0.15, 0.2) is 135 Å². The Balaban J connectivity index is 0.000000200. The van der Waals surface area contributed by atoms with Gasteiger partial charge in [-0.1, -0.05) is 36.4 Å². The zero-order chi connectivity index (χ0) is 29.6. The van der Waals surface area contributed by atoms with Crippen LogP contribution in [0.4, 0.5) is 0 Å². The molecule has 0 atom stereocenters. The van der Waals surface area contributed by atoms with E-state index in [9.17, 15) is 0 Å². The van der Waals surface area contributed by atoms with Crippen LogP contribution in [0.3, 0.4) is 0 Å². The topological polar surface area (TPSA) is 207 Å². The van der Waals surface area contributed by atoms with Gasteiger partial charge in [-0.15, -0.1) is 0 Å². The largest absolute Gasteiger partial charge is 2.00 e. The van der Waals surface area contributed by atoms with Crippen molar-refractivity contribution in [2.45, 2.75) is 0 Å². The van der Waals surface area contributed by atoms with Crippen LogP contribution in [0, 0.1) is 0 Å². The van der Waals surface area contributed by atoms with E-state index in [2.05, 4.69) is 50.3 Å². The van der Waals surface area contributed by atoms with Crippen LogP contribution in [-0.4, -0.2) is 49.2 Å². The van der Waals surface area contributed by atoms with Crippen LogP contribution >= 0.6 is 0 Å². The molecule has 47 heavy (non-hydrogen) atoms. The standard InChI is InChI=1S/2C16H11N6.2H2O.Zn/c2*1-2-8-18-14(3-1)16-19-15(20-21-16)12-4-6-13(7-5-12)22-10-9-17-11-22;;;/h2*1-11H;2*1H2;/q2*-1;;;+2/p+2. The fourth-order valence-corrected chi connectivity index (χ4v) is 4.32. The fourth-order valence-electron chi connectivity index (χ4n) is 4.32. The zero-order valence-electron chi connectivity index (χ0n) is 24.9. The molecule has 0 spiro atoms. The molecule has 0 aliphatic heterocycles. The number of imidazole rings is 2.